The predicted octanol–water partition coefficient (Wildman–Crippen LogP) is 6.43. The number of ether oxygens (including phenoxy) is 3. The lowest BCUT2D eigenvalue weighted by Crippen LogP contribution is -2.01. The quantitative estimate of drug-likeness (QED) is 0.318. The smallest absolute Gasteiger partial charge is 0.163 e. The average Bonchev–Trinajstić information content (AvgIpc) is 2.80. The van der Waals surface area contributed by atoms with Crippen molar-refractivity contribution in [2.45, 2.75) is 27.4 Å². The Labute approximate surface area is 187 Å². The largest absolute Gasteiger partial charge is 0.493 e. The van der Waals surface area contributed by atoms with Crippen molar-refractivity contribution in [3.63, 3.8) is 0 Å². The van der Waals surface area contributed by atoms with Crippen LogP contribution in [0.1, 0.15) is 34.0 Å². The number of carbonyl (C=O) groups excluding carboxylic acids is 1. The molecule has 0 amide bonds. The Morgan fingerprint density at radius 1 is 0.875 bits per heavy atom. The van der Waals surface area contributed by atoms with Crippen LogP contribution in [0.4, 0.5) is 0 Å². The summed E-state index contributed by atoms with van der Waals surface area (Å²) in [6, 6.07) is 19.2. The molecule has 0 unspecified atom stereocenters. The van der Waals surface area contributed by atoms with Crippen molar-refractivity contribution in [1.29, 1.82) is 0 Å². The number of methoxy groups -OCH3 is 1. The van der Waals surface area contributed by atoms with Crippen LogP contribution in [-0.2, 0) is 6.61 Å². The van der Waals surface area contributed by atoms with Gasteiger partial charge in [-0.05, 0) is 61.7 Å². The molecular formula is C27H25NO4. The van der Waals surface area contributed by atoms with E-state index in [0.29, 0.717) is 40.7 Å². The number of ketones is 1. The lowest BCUT2D eigenvalue weighted by Gasteiger charge is -2.16. The summed E-state index contributed by atoms with van der Waals surface area (Å²) in [6.07, 6.45) is 1.68. The third-order valence-electron chi connectivity index (χ3n) is 5.42. The Morgan fingerprint density at radius 3 is 2.34 bits per heavy atom. The van der Waals surface area contributed by atoms with Crippen LogP contribution in [0.3, 0.4) is 0 Å². The zero-order chi connectivity index (χ0) is 22.7. The Kier molecular flexibility index (Phi) is 6.08. The highest BCUT2D eigenvalue weighted by molar-refractivity contribution is 5.97. The molecule has 0 N–H and O–H groups in total. The summed E-state index contributed by atoms with van der Waals surface area (Å²) in [5, 5.41) is 0.768. The van der Waals surface area contributed by atoms with E-state index in [1.807, 2.05) is 68.4 Å². The number of Topliss-reactive ketones (excluding diaryl/α,β-unsaturated/α-hetero) is 1. The Bertz CT molecular complexity index is 1280. The zero-order valence-corrected chi connectivity index (χ0v) is 18.6. The minimum absolute atomic E-state index is 0.0457. The normalized spacial score (nSPS) is 10.8. The van der Waals surface area contributed by atoms with Crippen LogP contribution < -0.4 is 14.2 Å². The number of carbonyl (C=O) groups is 1. The van der Waals surface area contributed by atoms with Crippen molar-refractivity contribution >= 4 is 16.7 Å². The van der Waals surface area contributed by atoms with Crippen LogP contribution in [0.15, 0.2) is 66.9 Å². The molecule has 32 heavy (non-hydrogen) atoms. The second-order valence-electron chi connectivity index (χ2n) is 7.69. The fourth-order valence-corrected chi connectivity index (χ4v) is 3.49. The summed E-state index contributed by atoms with van der Waals surface area (Å²) in [5.41, 5.74) is 4.42. The molecule has 0 aliphatic carbocycles. The maximum atomic E-state index is 12.2. The van der Waals surface area contributed by atoms with Crippen LogP contribution in [-0.4, -0.2) is 17.9 Å². The molecule has 1 heterocycles. The first-order valence-electron chi connectivity index (χ1n) is 10.4. The summed E-state index contributed by atoms with van der Waals surface area (Å²) < 4.78 is 17.8. The van der Waals surface area contributed by atoms with Gasteiger partial charge in [-0.15, -0.1) is 0 Å². The molecule has 4 rings (SSSR count). The number of fused-ring (bicyclic) bond motifs is 1. The van der Waals surface area contributed by atoms with E-state index in [1.165, 1.54) is 0 Å². The number of hydrogen-bond donors (Lipinski definition) is 0. The van der Waals surface area contributed by atoms with Gasteiger partial charge in [0.15, 0.2) is 17.3 Å². The molecule has 4 aromatic rings. The molecule has 0 radical (unpaired) electrons. The first kappa shape index (κ1) is 21.4. The Morgan fingerprint density at radius 2 is 1.62 bits per heavy atom. The van der Waals surface area contributed by atoms with Crippen molar-refractivity contribution < 1.29 is 19.0 Å². The highest BCUT2D eigenvalue weighted by atomic mass is 16.5. The monoisotopic (exact) mass is 427 g/mol. The number of hydrogen-bond acceptors (Lipinski definition) is 5. The van der Waals surface area contributed by atoms with Gasteiger partial charge in [-0.25, -0.2) is 0 Å². The highest BCUT2D eigenvalue weighted by Crippen LogP contribution is 2.38. The Balaban J connectivity index is 1.71. The van der Waals surface area contributed by atoms with Crippen molar-refractivity contribution in [2.75, 3.05) is 7.11 Å². The Hall–Kier alpha value is -3.86. The van der Waals surface area contributed by atoms with Crippen LogP contribution in [0.2, 0.25) is 0 Å². The molecule has 0 saturated heterocycles. The van der Waals surface area contributed by atoms with Crippen LogP contribution in [0, 0.1) is 13.8 Å². The molecule has 0 bridgehead atoms. The number of aromatic nitrogens is 1. The summed E-state index contributed by atoms with van der Waals surface area (Å²) in [7, 11) is 1.60. The molecule has 0 saturated carbocycles. The fraction of sp³-hybridized carbons (Fsp3) is 0.185. The molecule has 3 aromatic carbocycles. The van der Waals surface area contributed by atoms with E-state index in [9.17, 15) is 4.79 Å². The van der Waals surface area contributed by atoms with E-state index in [2.05, 4.69) is 4.98 Å². The summed E-state index contributed by atoms with van der Waals surface area (Å²) in [4.78, 5) is 16.7. The molecule has 1 aromatic heterocycles. The molecule has 0 atom stereocenters. The second-order valence-corrected chi connectivity index (χ2v) is 7.69. The molecule has 0 fully saturated rings. The van der Waals surface area contributed by atoms with Crippen molar-refractivity contribution in [3.05, 3.63) is 89.1 Å². The number of aryl methyl sites for hydroxylation is 2. The topological polar surface area (TPSA) is 57.7 Å². The van der Waals surface area contributed by atoms with Crippen molar-refractivity contribution in [3.8, 4) is 23.0 Å². The third-order valence-corrected chi connectivity index (χ3v) is 5.42. The lowest BCUT2D eigenvalue weighted by molar-refractivity contribution is 0.101. The van der Waals surface area contributed by atoms with Gasteiger partial charge in [0.05, 0.1) is 18.2 Å². The van der Waals surface area contributed by atoms with Gasteiger partial charge < -0.3 is 14.2 Å². The molecule has 0 spiro atoms. The van der Waals surface area contributed by atoms with Gasteiger partial charge in [0, 0.05) is 17.6 Å². The van der Waals surface area contributed by atoms with Gasteiger partial charge in [-0.2, -0.15) is 0 Å². The number of benzene rings is 3. The molecule has 5 nitrogen and oxygen atoms in total. The molecular weight excluding hydrogens is 402 g/mol. The van der Waals surface area contributed by atoms with Crippen LogP contribution in [0.25, 0.3) is 10.9 Å². The molecule has 162 valence electrons. The standard InChI is InChI=1S/C27H25NO4/c1-17-12-21(19(3)29)25(13-18(17)2)32-24-10-11-28-23-15-27(26(30-4)14-22(23)24)31-16-20-8-6-5-7-9-20/h5-15H,16H2,1-4H3. The number of nitrogens with zero attached hydrogens (tertiary/aromatic N) is 1. The third kappa shape index (κ3) is 4.42. The molecule has 0 aliphatic rings. The van der Waals surface area contributed by atoms with Crippen LogP contribution >= 0.6 is 0 Å². The number of pyridine rings is 1. The van der Waals surface area contributed by atoms with E-state index >= 15 is 0 Å². The van der Waals surface area contributed by atoms with Crippen molar-refractivity contribution in [1.82, 2.24) is 4.98 Å². The van der Waals surface area contributed by atoms with E-state index in [4.69, 9.17) is 14.2 Å². The SMILES string of the molecule is COc1cc2c(Oc3cc(C)c(C)cc3C(C)=O)ccnc2cc1OCc1ccccc1. The average molecular weight is 428 g/mol. The van der Waals surface area contributed by atoms with Gasteiger partial charge in [0.1, 0.15) is 18.1 Å². The van der Waals surface area contributed by atoms with E-state index in [-0.39, 0.29) is 5.78 Å². The van der Waals surface area contributed by atoms with E-state index in [0.717, 1.165) is 22.1 Å². The first-order valence-corrected chi connectivity index (χ1v) is 10.4. The van der Waals surface area contributed by atoms with Gasteiger partial charge in [0.25, 0.3) is 0 Å². The van der Waals surface area contributed by atoms with Gasteiger partial charge in [-0.1, -0.05) is 30.3 Å². The maximum Gasteiger partial charge on any atom is 0.163 e. The van der Waals surface area contributed by atoms with Gasteiger partial charge in [0.2, 0.25) is 0 Å². The van der Waals surface area contributed by atoms with Crippen LogP contribution in [0.5, 0.6) is 23.0 Å². The summed E-state index contributed by atoms with van der Waals surface area (Å²) >= 11 is 0. The second kappa shape index (κ2) is 9.10. The summed E-state index contributed by atoms with van der Waals surface area (Å²) in [5.74, 6) is 2.25. The maximum absolute atomic E-state index is 12.2. The van der Waals surface area contributed by atoms with E-state index in [1.54, 1.807) is 26.3 Å². The molecule has 0 aliphatic heterocycles. The van der Waals surface area contributed by atoms with E-state index < -0.39 is 0 Å². The minimum Gasteiger partial charge on any atom is -0.493 e. The fourth-order valence-electron chi connectivity index (χ4n) is 3.49. The highest BCUT2D eigenvalue weighted by Gasteiger charge is 2.16. The number of rotatable bonds is 7. The molecule has 5 heteroatoms. The minimum atomic E-state index is -0.0457. The van der Waals surface area contributed by atoms with Crippen molar-refractivity contribution in [2.24, 2.45) is 0 Å². The summed E-state index contributed by atoms with van der Waals surface area (Å²) in [6.45, 7) is 5.94. The first-order chi connectivity index (χ1) is 15.5. The van der Waals surface area contributed by atoms with Gasteiger partial charge >= 0.3 is 0 Å². The lowest BCUT2D eigenvalue weighted by atomic mass is 10.0. The van der Waals surface area contributed by atoms with Gasteiger partial charge in [-0.3, -0.25) is 9.78 Å². The zero-order valence-electron chi connectivity index (χ0n) is 18.6. The predicted molar refractivity (Wildman–Crippen MR) is 125 cm³/mol.